The van der Waals surface area contributed by atoms with Crippen LogP contribution in [0, 0.1) is 0 Å². The van der Waals surface area contributed by atoms with Crippen molar-refractivity contribution in [3.63, 3.8) is 0 Å². The Hall–Kier alpha value is -1.22. The maximum Gasteiger partial charge on any atom is 0.194 e. The number of halogens is 1. The zero-order valence-corrected chi connectivity index (χ0v) is 18.1. The van der Waals surface area contributed by atoms with Gasteiger partial charge in [-0.2, -0.15) is 0 Å². The highest BCUT2D eigenvalue weighted by Crippen LogP contribution is 2.28. The first kappa shape index (κ1) is 21.1. The van der Waals surface area contributed by atoms with Crippen LogP contribution in [0.5, 0.6) is 5.75 Å². The Morgan fingerprint density at radius 2 is 2.04 bits per heavy atom. The number of hydrogen-bond acceptors (Lipinski definition) is 4. The summed E-state index contributed by atoms with van der Waals surface area (Å²) in [6.07, 6.45) is 2.59. The minimum Gasteiger partial charge on any atom is -0.495 e. The maximum absolute atomic E-state index is 5.69. The number of aliphatic imine (C=N–C) groups is 1. The third kappa shape index (κ3) is 5.39. The van der Waals surface area contributed by atoms with Crippen LogP contribution in [0.2, 0.25) is 0 Å². The van der Waals surface area contributed by atoms with Crippen LogP contribution in [0.1, 0.15) is 19.8 Å². The molecule has 2 aliphatic heterocycles. The Morgan fingerprint density at radius 3 is 2.69 bits per heavy atom. The molecule has 0 aromatic heterocycles. The van der Waals surface area contributed by atoms with Gasteiger partial charge >= 0.3 is 0 Å². The molecule has 2 aliphatic rings. The molecule has 26 heavy (non-hydrogen) atoms. The van der Waals surface area contributed by atoms with Gasteiger partial charge in [0.05, 0.1) is 25.4 Å². The van der Waals surface area contributed by atoms with Gasteiger partial charge in [0.2, 0.25) is 0 Å². The Labute approximate surface area is 173 Å². The zero-order valence-electron chi connectivity index (χ0n) is 15.8. The normalized spacial score (nSPS) is 20.7. The average molecular weight is 474 g/mol. The van der Waals surface area contributed by atoms with Crippen molar-refractivity contribution in [3.05, 3.63) is 24.3 Å². The third-order valence-corrected chi connectivity index (χ3v) is 4.81. The number of ether oxygens (including phenoxy) is 2. The lowest BCUT2D eigenvalue weighted by Gasteiger charge is -2.38. The monoisotopic (exact) mass is 474 g/mol. The number of benzene rings is 1. The van der Waals surface area contributed by atoms with Crippen LogP contribution in [0.25, 0.3) is 0 Å². The molecule has 0 spiro atoms. The lowest BCUT2D eigenvalue weighted by molar-refractivity contribution is 0.117. The highest BCUT2D eigenvalue weighted by atomic mass is 127. The number of rotatable bonds is 5. The van der Waals surface area contributed by atoms with E-state index in [1.807, 2.05) is 12.1 Å². The molecule has 3 rings (SSSR count). The number of piperazine rings is 1. The molecule has 0 aliphatic carbocycles. The number of anilines is 1. The second-order valence-corrected chi connectivity index (χ2v) is 6.48. The summed E-state index contributed by atoms with van der Waals surface area (Å²) in [4.78, 5) is 9.55. The predicted octanol–water partition coefficient (Wildman–Crippen LogP) is 2.58. The van der Waals surface area contributed by atoms with E-state index in [1.165, 1.54) is 5.69 Å². The summed E-state index contributed by atoms with van der Waals surface area (Å²) in [6, 6.07) is 8.23. The molecule has 0 bridgehead atoms. The van der Waals surface area contributed by atoms with Crippen LogP contribution in [0.3, 0.4) is 0 Å². The first-order valence-corrected chi connectivity index (χ1v) is 9.34. The van der Waals surface area contributed by atoms with E-state index in [0.717, 1.165) is 70.4 Å². The van der Waals surface area contributed by atoms with Crippen LogP contribution in [0.15, 0.2) is 29.3 Å². The molecule has 0 amide bonds. The van der Waals surface area contributed by atoms with Gasteiger partial charge in [-0.05, 0) is 31.9 Å². The summed E-state index contributed by atoms with van der Waals surface area (Å²) >= 11 is 0. The van der Waals surface area contributed by atoms with Crippen LogP contribution >= 0.6 is 24.0 Å². The lowest BCUT2D eigenvalue weighted by Crippen LogP contribution is -2.52. The molecule has 146 valence electrons. The molecule has 7 heteroatoms. The maximum atomic E-state index is 5.69. The van der Waals surface area contributed by atoms with Crippen LogP contribution in [0.4, 0.5) is 5.69 Å². The highest BCUT2D eigenvalue weighted by molar-refractivity contribution is 14.0. The van der Waals surface area contributed by atoms with Gasteiger partial charge in [0, 0.05) is 39.3 Å². The molecular weight excluding hydrogens is 443 g/mol. The lowest BCUT2D eigenvalue weighted by atomic mass is 10.2. The number of methoxy groups -OCH3 is 1. The standard InChI is InChI=1S/C19H30N4O2.HI/c1-3-20-19(21-15-16-7-6-14-25-16)23-12-10-22(11-13-23)17-8-4-5-9-18(17)24-2;/h4-5,8-9,16H,3,6-7,10-15H2,1-2H3,(H,20,21);1H. The van der Waals surface area contributed by atoms with E-state index in [1.54, 1.807) is 7.11 Å². The van der Waals surface area contributed by atoms with Gasteiger partial charge in [-0.3, -0.25) is 4.99 Å². The molecule has 1 N–H and O–H groups in total. The van der Waals surface area contributed by atoms with Crippen LogP contribution in [-0.4, -0.2) is 69.9 Å². The molecule has 2 saturated heterocycles. The molecular formula is C19H31IN4O2. The van der Waals surface area contributed by atoms with E-state index in [0.29, 0.717) is 6.10 Å². The van der Waals surface area contributed by atoms with E-state index in [2.05, 4.69) is 34.2 Å². The van der Waals surface area contributed by atoms with E-state index in [4.69, 9.17) is 14.5 Å². The molecule has 2 heterocycles. The summed E-state index contributed by atoms with van der Waals surface area (Å²) in [5.74, 6) is 1.95. The minimum absolute atomic E-state index is 0. The zero-order chi connectivity index (χ0) is 17.5. The third-order valence-electron chi connectivity index (χ3n) is 4.81. The molecule has 2 fully saturated rings. The number of nitrogens with zero attached hydrogens (tertiary/aromatic N) is 3. The van der Waals surface area contributed by atoms with E-state index < -0.39 is 0 Å². The van der Waals surface area contributed by atoms with Crippen molar-refractivity contribution in [2.75, 3.05) is 57.9 Å². The highest BCUT2D eigenvalue weighted by Gasteiger charge is 2.22. The van der Waals surface area contributed by atoms with Gasteiger partial charge in [-0.1, -0.05) is 12.1 Å². The Balaban J connectivity index is 0.00000243. The van der Waals surface area contributed by atoms with Crippen molar-refractivity contribution in [2.24, 2.45) is 4.99 Å². The molecule has 1 aromatic carbocycles. The Kier molecular flexibility index (Phi) is 8.77. The molecule has 1 aromatic rings. The number of nitrogens with one attached hydrogen (secondary N) is 1. The minimum atomic E-state index is 0. The first-order chi connectivity index (χ1) is 12.3. The van der Waals surface area contributed by atoms with E-state index >= 15 is 0 Å². The molecule has 0 saturated carbocycles. The van der Waals surface area contributed by atoms with Crippen molar-refractivity contribution in [2.45, 2.75) is 25.9 Å². The summed E-state index contributed by atoms with van der Waals surface area (Å²) in [7, 11) is 1.73. The van der Waals surface area contributed by atoms with Crippen molar-refractivity contribution in [3.8, 4) is 5.75 Å². The molecule has 1 atom stereocenters. The Morgan fingerprint density at radius 1 is 1.27 bits per heavy atom. The summed E-state index contributed by atoms with van der Waals surface area (Å²) in [5.41, 5.74) is 1.17. The summed E-state index contributed by atoms with van der Waals surface area (Å²) < 4.78 is 11.2. The van der Waals surface area contributed by atoms with Crippen molar-refractivity contribution >= 4 is 35.6 Å². The topological polar surface area (TPSA) is 49.3 Å². The average Bonchev–Trinajstić information content (AvgIpc) is 3.19. The molecule has 1 unspecified atom stereocenters. The van der Waals surface area contributed by atoms with Crippen LogP contribution in [-0.2, 0) is 4.74 Å². The fraction of sp³-hybridized carbons (Fsp3) is 0.632. The van der Waals surface area contributed by atoms with Crippen LogP contribution < -0.4 is 15.0 Å². The van der Waals surface area contributed by atoms with Gasteiger partial charge in [0.1, 0.15) is 5.75 Å². The predicted molar refractivity (Wildman–Crippen MR) is 117 cm³/mol. The van der Waals surface area contributed by atoms with Gasteiger partial charge in [0.15, 0.2) is 5.96 Å². The van der Waals surface area contributed by atoms with Gasteiger partial charge in [-0.25, -0.2) is 0 Å². The van der Waals surface area contributed by atoms with Crippen molar-refractivity contribution in [1.82, 2.24) is 10.2 Å². The summed E-state index contributed by atoms with van der Waals surface area (Å²) in [5, 5.41) is 3.43. The van der Waals surface area contributed by atoms with Crippen molar-refractivity contribution < 1.29 is 9.47 Å². The number of para-hydroxylation sites is 2. The van der Waals surface area contributed by atoms with Crippen molar-refractivity contribution in [1.29, 1.82) is 0 Å². The second kappa shape index (κ2) is 10.8. The van der Waals surface area contributed by atoms with E-state index in [-0.39, 0.29) is 24.0 Å². The Bertz CT molecular complexity index is 570. The van der Waals surface area contributed by atoms with Gasteiger partial charge in [-0.15, -0.1) is 24.0 Å². The molecule has 6 nitrogen and oxygen atoms in total. The summed E-state index contributed by atoms with van der Waals surface area (Å²) in [6.45, 7) is 8.48. The first-order valence-electron chi connectivity index (χ1n) is 9.34. The SMILES string of the molecule is CCNC(=NCC1CCCO1)N1CCN(c2ccccc2OC)CC1.I. The molecule has 0 radical (unpaired) electrons. The smallest absolute Gasteiger partial charge is 0.194 e. The quantitative estimate of drug-likeness (QED) is 0.404. The number of hydrogen-bond donors (Lipinski definition) is 1. The van der Waals surface area contributed by atoms with Gasteiger partial charge < -0.3 is 24.6 Å². The number of guanidine groups is 1. The van der Waals surface area contributed by atoms with Gasteiger partial charge in [0.25, 0.3) is 0 Å². The fourth-order valence-electron chi connectivity index (χ4n) is 3.45. The van der Waals surface area contributed by atoms with E-state index in [9.17, 15) is 0 Å². The fourth-order valence-corrected chi connectivity index (χ4v) is 3.45. The largest absolute Gasteiger partial charge is 0.495 e. The second-order valence-electron chi connectivity index (χ2n) is 6.48.